The second-order valence-electron chi connectivity index (χ2n) is 4.83. The van der Waals surface area contributed by atoms with Gasteiger partial charge in [0.2, 0.25) is 0 Å². The fourth-order valence-corrected chi connectivity index (χ4v) is 1.83. The van der Waals surface area contributed by atoms with E-state index in [2.05, 4.69) is 10.6 Å². The molecular weight excluding hydrogens is 226 g/mol. The van der Waals surface area contributed by atoms with Crippen LogP contribution in [0.1, 0.15) is 38.5 Å². The Balaban J connectivity index is 3.02. The highest BCUT2D eigenvalue weighted by Crippen LogP contribution is 2.00. The lowest BCUT2D eigenvalue weighted by atomic mass is 10.1. The van der Waals surface area contributed by atoms with E-state index in [4.69, 9.17) is 17.2 Å². The van der Waals surface area contributed by atoms with Crippen LogP contribution in [-0.4, -0.2) is 45.3 Å². The number of nitrogens with one attached hydrogen (secondary N) is 2. The highest BCUT2D eigenvalue weighted by atomic mass is 14.9. The zero-order valence-corrected chi connectivity index (χ0v) is 11.8. The smallest absolute Gasteiger partial charge is 0.00397 e. The highest BCUT2D eigenvalue weighted by molar-refractivity contribution is 4.62. The third-order valence-corrected chi connectivity index (χ3v) is 2.97. The van der Waals surface area contributed by atoms with Gasteiger partial charge in [-0.15, -0.1) is 0 Å². The lowest BCUT2D eigenvalue weighted by Crippen LogP contribution is -2.26. The van der Waals surface area contributed by atoms with Gasteiger partial charge in [0.1, 0.15) is 0 Å². The Morgan fingerprint density at radius 2 is 1.17 bits per heavy atom. The van der Waals surface area contributed by atoms with Crippen molar-refractivity contribution < 1.29 is 0 Å². The molecule has 5 nitrogen and oxygen atoms in total. The van der Waals surface area contributed by atoms with Crippen LogP contribution in [0.5, 0.6) is 0 Å². The molecule has 0 saturated heterocycles. The van der Waals surface area contributed by atoms with Gasteiger partial charge in [-0.1, -0.05) is 0 Å². The molecule has 110 valence electrons. The first-order valence-corrected chi connectivity index (χ1v) is 7.38. The van der Waals surface area contributed by atoms with Gasteiger partial charge in [0.15, 0.2) is 0 Å². The van der Waals surface area contributed by atoms with Crippen molar-refractivity contribution in [1.29, 1.82) is 0 Å². The summed E-state index contributed by atoms with van der Waals surface area (Å²) < 4.78 is 0. The number of nitrogens with two attached hydrogens (primary N) is 3. The summed E-state index contributed by atoms with van der Waals surface area (Å²) in [5.41, 5.74) is 16.8. The van der Waals surface area contributed by atoms with Crippen molar-refractivity contribution in [3.05, 3.63) is 0 Å². The van der Waals surface area contributed by atoms with E-state index in [1.165, 1.54) is 6.42 Å². The molecule has 0 heterocycles. The lowest BCUT2D eigenvalue weighted by molar-refractivity contribution is 0.507. The maximum Gasteiger partial charge on any atom is 0.00397 e. The number of hydrogen-bond acceptors (Lipinski definition) is 5. The van der Waals surface area contributed by atoms with Crippen molar-refractivity contribution in [1.82, 2.24) is 10.6 Å². The largest absolute Gasteiger partial charge is 0.330 e. The van der Waals surface area contributed by atoms with Gasteiger partial charge in [0.05, 0.1) is 0 Å². The lowest BCUT2D eigenvalue weighted by Gasteiger charge is -2.11. The van der Waals surface area contributed by atoms with Gasteiger partial charge >= 0.3 is 0 Å². The molecular formula is C13H33N5. The summed E-state index contributed by atoms with van der Waals surface area (Å²) in [5, 5.41) is 6.81. The van der Waals surface area contributed by atoms with Crippen LogP contribution in [0.4, 0.5) is 0 Å². The minimum absolute atomic E-state index is 0.327. The van der Waals surface area contributed by atoms with Crippen LogP contribution in [0.25, 0.3) is 0 Å². The monoisotopic (exact) mass is 259 g/mol. The van der Waals surface area contributed by atoms with Gasteiger partial charge < -0.3 is 27.8 Å². The molecule has 0 bridgehead atoms. The molecule has 0 amide bonds. The Hall–Kier alpha value is -0.200. The second-order valence-corrected chi connectivity index (χ2v) is 4.83. The van der Waals surface area contributed by atoms with Crippen LogP contribution in [0, 0.1) is 0 Å². The van der Waals surface area contributed by atoms with E-state index in [-0.39, 0.29) is 0 Å². The fraction of sp³-hybridized carbons (Fsp3) is 1.00. The summed E-state index contributed by atoms with van der Waals surface area (Å²) in [6.45, 7) is 5.78. The number of rotatable bonds is 14. The van der Waals surface area contributed by atoms with Gasteiger partial charge in [-0.2, -0.15) is 0 Å². The molecule has 0 aliphatic rings. The normalized spacial score (nSPS) is 12.8. The Kier molecular flexibility index (Phi) is 14.7. The van der Waals surface area contributed by atoms with Crippen LogP contribution in [0.2, 0.25) is 0 Å². The van der Waals surface area contributed by atoms with E-state index in [9.17, 15) is 0 Å². The van der Waals surface area contributed by atoms with Gasteiger partial charge in [0, 0.05) is 6.04 Å². The molecule has 1 unspecified atom stereocenters. The summed E-state index contributed by atoms with van der Waals surface area (Å²) in [6, 6.07) is 0.327. The third-order valence-electron chi connectivity index (χ3n) is 2.97. The van der Waals surface area contributed by atoms with Crippen molar-refractivity contribution in [3.8, 4) is 0 Å². The molecule has 0 aromatic rings. The Morgan fingerprint density at radius 3 is 1.78 bits per heavy atom. The molecule has 0 spiro atoms. The van der Waals surface area contributed by atoms with Crippen LogP contribution >= 0.6 is 0 Å². The molecule has 5 heteroatoms. The maximum absolute atomic E-state index is 5.97. The average molecular weight is 259 g/mol. The standard InChI is InChI=1S/C13H33N5/c14-7-1-5-13(16)6-2-9-17-11-4-12-18-10-3-8-15/h13,17-18H,1-12,14-16H2. The SMILES string of the molecule is NCCCNCCCNCCCC(N)CCCN. The van der Waals surface area contributed by atoms with E-state index >= 15 is 0 Å². The quantitative estimate of drug-likeness (QED) is 0.277. The second kappa shape index (κ2) is 14.9. The summed E-state index contributed by atoms with van der Waals surface area (Å²) in [6.07, 6.45) is 6.59. The molecule has 0 aliphatic heterocycles. The molecule has 8 N–H and O–H groups in total. The van der Waals surface area contributed by atoms with Crippen molar-refractivity contribution in [2.45, 2.75) is 44.6 Å². The molecule has 0 aliphatic carbocycles. The third kappa shape index (κ3) is 13.9. The first kappa shape index (κ1) is 17.8. The molecule has 0 saturated carbocycles. The van der Waals surface area contributed by atoms with Crippen molar-refractivity contribution in [3.63, 3.8) is 0 Å². The van der Waals surface area contributed by atoms with Gasteiger partial charge in [-0.3, -0.25) is 0 Å². The van der Waals surface area contributed by atoms with Crippen LogP contribution in [0.3, 0.4) is 0 Å². The van der Waals surface area contributed by atoms with E-state index in [0.29, 0.717) is 6.04 Å². The molecule has 1 atom stereocenters. The zero-order valence-electron chi connectivity index (χ0n) is 11.8. The van der Waals surface area contributed by atoms with E-state index in [1.807, 2.05) is 0 Å². The van der Waals surface area contributed by atoms with Crippen LogP contribution in [0.15, 0.2) is 0 Å². The first-order valence-electron chi connectivity index (χ1n) is 7.38. The van der Waals surface area contributed by atoms with Gasteiger partial charge in [-0.25, -0.2) is 0 Å². The van der Waals surface area contributed by atoms with Crippen LogP contribution in [-0.2, 0) is 0 Å². The highest BCUT2D eigenvalue weighted by Gasteiger charge is 2.00. The van der Waals surface area contributed by atoms with Crippen LogP contribution < -0.4 is 27.8 Å². The Bertz CT molecular complexity index is 154. The van der Waals surface area contributed by atoms with Crippen molar-refractivity contribution >= 4 is 0 Å². The molecule has 18 heavy (non-hydrogen) atoms. The van der Waals surface area contributed by atoms with E-state index in [0.717, 1.165) is 71.4 Å². The topological polar surface area (TPSA) is 102 Å². The zero-order chi connectivity index (χ0) is 13.5. The summed E-state index contributed by atoms with van der Waals surface area (Å²) in [5.74, 6) is 0. The minimum Gasteiger partial charge on any atom is -0.330 e. The average Bonchev–Trinajstić information content (AvgIpc) is 2.38. The van der Waals surface area contributed by atoms with E-state index < -0.39 is 0 Å². The molecule has 0 aromatic carbocycles. The first-order chi connectivity index (χ1) is 8.81. The predicted octanol–water partition coefficient (Wildman–Crippen LogP) is -0.249. The van der Waals surface area contributed by atoms with E-state index in [1.54, 1.807) is 0 Å². The van der Waals surface area contributed by atoms with Crippen molar-refractivity contribution in [2.75, 3.05) is 39.3 Å². The molecule has 0 fully saturated rings. The summed E-state index contributed by atoms with van der Waals surface area (Å²) in [4.78, 5) is 0. The summed E-state index contributed by atoms with van der Waals surface area (Å²) in [7, 11) is 0. The summed E-state index contributed by atoms with van der Waals surface area (Å²) >= 11 is 0. The predicted molar refractivity (Wildman–Crippen MR) is 79.5 cm³/mol. The minimum atomic E-state index is 0.327. The molecule has 0 radical (unpaired) electrons. The van der Waals surface area contributed by atoms with Gasteiger partial charge in [0.25, 0.3) is 0 Å². The Labute approximate surface area is 112 Å². The molecule has 0 rings (SSSR count). The van der Waals surface area contributed by atoms with Gasteiger partial charge in [-0.05, 0) is 77.8 Å². The molecule has 0 aromatic heterocycles. The maximum atomic E-state index is 5.97. The van der Waals surface area contributed by atoms with Crippen molar-refractivity contribution in [2.24, 2.45) is 17.2 Å². The Morgan fingerprint density at radius 1 is 0.667 bits per heavy atom. The number of hydrogen-bond donors (Lipinski definition) is 5. The fourth-order valence-electron chi connectivity index (χ4n) is 1.83.